The summed E-state index contributed by atoms with van der Waals surface area (Å²) in [6, 6.07) is 10.5. The minimum Gasteiger partial charge on any atom is -0.372 e. The van der Waals surface area contributed by atoms with Gasteiger partial charge in [-0.15, -0.1) is 0 Å². The van der Waals surface area contributed by atoms with E-state index in [1.807, 2.05) is 30.3 Å². The average molecular weight is 514 g/mol. The molecule has 3 aromatic rings. The van der Waals surface area contributed by atoms with E-state index in [2.05, 4.69) is 15.5 Å². The molecule has 12 heteroatoms. The van der Waals surface area contributed by atoms with Crippen LogP contribution in [0.15, 0.2) is 59.7 Å². The van der Waals surface area contributed by atoms with Crippen molar-refractivity contribution in [3.05, 3.63) is 87.6 Å². The number of nitrogens with one attached hydrogen (secondary N) is 2. The lowest BCUT2D eigenvalue weighted by Crippen LogP contribution is -2.52. The summed E-state index contributed by atoms with van der Waals surface area (Å²) in [5.41, 5.74) is -3.24. The second-order valence-corrected chi connectivity index (χ2v) is 8.88. The van der Waals surface area contributed by atoms with Gasteiger partial charge in [0.1, 0.15) is 6.33 Å². The summed E-state index contributed by atoms with van der Waals surface area (Å²) in [6.07, 6.45) is -8.44. The Morgan fingerprint density at radius 2 is 1.72 bits per heavy atom. The molecule has 0 amide bonds. The first-order valence-corrected chi connectivity index (χ1v) is 11.2. The zero-order valence-corrected chi connectivity index (χ0v) is 19.2. The monoisotopic (exact) mass is 514 g/mol. The van der Waals surface area contributed by atoms with E-state index in [4.69, 9.17) is 4.74 Å². The van der Waals surface area contributed by atoms with Crippen LogP contribution in [0.2, 0.25) is 0 Å². The zero-order chi connectivity index (χ0) is 26.1. The van der Waals surface area contributed by atoms with E-state index in [1.54, 1.807) is 0 Å². The molecule has 2 N–H and O–H groups in total. The van der Waals surface area contributed by atoms with Crippen LogP contribution in [0.3, 0.4) is 0 Å². The van der Waals surface area contributed by atoms with Gasteiger partial charge in [0, 0.05) is 6.54 Å². The molecule has 0 aliphatic carbocycles. The Morgan fingerprint density at radius 3 is 2.22 bits per heavy atom. The van der Waals surface area contributed by atoms with E-state index in [0.29, 0.717) is 31.5 Å². The van der Waals surface area contributed by atoms with E-state index in [9.17, 15) is 31.1 Å². The minimum atomic E-state index is -4.94. The molecule has 194 valence electrons. The molecule has 2 aromatic carbocycles. The molecule has 1 saturated heterocycles. The highest BCUT2D eigenvalue weighted by atomic mass is 19.4. The summed E-state index contributed by atoms with van der Waals surface area (Å²) in [4.78, 5) is 12.0. The molecule has 0 radical (unpaired) electrons. The van der Waals surface area contributed by atoms with Crippen LogP contribution in [0.25, 0.3) is 0 Å². The Balaban J connectivity index is 1.58. The molecule has 4 rings (SSSR count). The number of rotatable bonds is 6. The molecule has 0 saturated carbocycles. The van der Waals surface area contributed by atoms with Crippen LogP contribution >= 0.6 is 0 Å². The third-order valence-electron chi connectivity index (χ3n) is 6.54. The van der Waals surface area contributed by atoms with Crippen LogP contribution in [0, 0.1) is 0 Å². The van der Waals surface area contributed by atoms with Gasteiger partial charge < -0.3 is 10.1 Å². The summed E-state index contributed by atoms with van der Waals surface area (Å²) >= 11 is 0. The molecule has 2 heterocycles. The summed E-state index contributed by atoms with van der Waals surface area (Å²) < 4.78 is 87.2. The first-order valence-electron chi connectivity index (χ1n) is 11.2. The summed E-state index contributed by atoms with van der Waals surface area (Å²) in [5.74, 6) is 0. The number of piperidine rings is 1. The van der Waals surface area contributed by atoms with Crippen molar-refractivity contribution in [3.8, 4) is 0 Å². The van der Waals surface area contributed by atoms with Crippen molar-refractivity contribution in [2.75, 3.05) is 13.2 Å². The fraction of sp³-hybridized carbons (Fsp3) is 0.417. The van der Waals surface area contributed by atoms with Gasteiger partial charge in [0.2, 0.25) is 0 Å². The first kappa shape index (κ1) is 26.0. The number of halogens is 6. The largest absolute Gasteiger partial charge is 0.416 e. The number of aromatic nitrogens is 3. The average Bonchev–Trinajstić information content (AvgIpc) is 3.27. The molecule has 6 nitrogen and oxygen atoms in total. The zero-order valence-electron chi connectivity index (χ0n) is 19.2. The van der Waals surface area contributed by atoms with Gasteiger partial charge in [-0.05, 0) is 49.1 Å². The molecule has 1 aromatic heterocycles. The van der Waals surface area contributed by atoms with Crippen LogP contribution < -0.4 is 11.0 Å². The molecule has 3 atom stereocenters. The van der Waals surface area contributed by atoms with Crippen LogP contribution in [0.1, 0.15) is 54.2 Å². The van der Waals surface area contributed by atoms with E-state index < -0.39 is 35.1 Å². The van der Waals surface area contributed by atoms with Crippen molar-refractivity contribution >= 4 is 0 Å². The van der Waals surface area contributed by atoms with Gasteiger partial charge >= 0.3 is 18.0 Å². The molecule has 0 spiro atoms. The third-order valence-corrected chi connectivity index (χ3v) is 6.54. The van der Waals surface area contributed by atoms with Gasteiger partial charge in [-0.2, -0.15) is 31.4 Å². The highest BCUT2D eigenvalue weighted by Crippen LogP contribution is 2.39. The van der Waals surface area contributed by atoms with Gasteiger partial charge in [0.25, 0.3) is 0 Å². The Hall–Kier alpha value is -3.12. The second-order valence-electron chi connectivity index (χ2n) is 8.88. The fourth-order valence-electron chi connectivity index (χ4n) is 4.46. The van der Waals surface area contributed by atoms with Crippen molar-refractivity contribution in [3.63, 3.8) is 0 Å². The van der Waals surface area contributed by atoms with E-state index in [-0.39, 0.29) is 30.0 Å². The number of alkyl halides is 6. The summed E-state index contributed by atoms with van der Waals surface area (Å²) in [6.45, 7) is 1.79. The summed E-state index contributed by atoms with van der Waals surface area (Å²) in [7, 11) is 0. The maximum absolute atomic E-state index is 13.3. The van der Waals surface area contributed by atoms with Crippen molar-refractivity contribution in [2.45, 2.75) is 49.8 Å². The van der Waals surface area contributed by atoms with Gasteiger partial charge in [-0.25, -0.2) is 9.89 Å². The van der Waals surface area contributed by atoms with Crippen molar-refractivity contribution < 1.29 is 31.1 Å². The number of ether oxygens (including phenoxy) is 1. The molecule has 1 fully saturated rings. The quantitative estimate of drug-likeness (QED) is 0.444. The molecule has 1 unspecified atom stereocenters. The number of H-pyrrole nitrogens is 1. The fourth-order valence-corrected chi connectivity index (χ4v) is 4.46. The highest BCUT2D eigenvalue weighted by molar-refractivity contribution is 5.35. The van der Waals surface area contributed by atoms with Gasteiger partial charge in [0.05, 0.1) is 35.4 Å². The smallest absolute Gasteiger partial charge is 0.372 e. The Labute approximate surface area is 202 Å². The lowest BCUT2D eigenvalue weighted by molar-refractivity contribution is -0.143. The molecular weight excluding hydrogens is 490 g/mol. The standard InChI is InChI=1S/C24H24F6N4O2/c1-15(16-9-18(23(25,26)27)11-19(10-16)24(28,29)30)36-13-22(17-5-3-2-4-6-17)8-7-20(12-31-22)34-14-32-33-21(34)35/h2-6,9-11,14-15,20,31H,7-8,12-13H2,1H3,(H,33,35)/t15-,20?,22-/m1/s1. The molecular formula is C24H24F6N4O2. The van der Waals surface area contributed by atoms with Crippen LogP contribution in [0.5, 0.6) is 0 Å². The molecule has 1 aliphatic heterocycles. The maximum atomic E-state index is 13.3. The van der Waals surface area contributed by atoms with E-state index in [1.165, 1.54) is 17.8 Å². The van der Waals surface area contributed by atoms with Crippen molar-refractivity contribution in [1.82, 2.24) is 20.1 Å². The lowest BCUT2D eigenvalue weighted by Gasteiger charge is -2.42. The van der Waals surface area contributed by atoms with Crippen LogP contribution in [-0.4, -0.2) is 27.9 Å². The Kier molecular flexibility index (Phi) is 7.02. The number of benzene rings is 2. The predicted octanol–water partition coefficient (Wildman–Crippen LogP) is 5.21. The number of hydrogen-bond acceptors (Lipinski definition) is 4. The summed E-state index contributed by atoms with van der Waals surface area (Å²) in [5, 5.41) is 9.50. The van der Waals surface area contributed by atoms with Gasteiger partial charge in [0.15, 0.2) is 0 Å². The van der Waals surface area contributed by atoms with Gasteiger partial charge in [-0.1, -0.05) is 30.3 Å². The number of aromatic amines is 1. The molecule has 0 bridgehead atoms. The predicted molar refractivity (Wildman–Crippen MR) is 118 cm³/mol. The topological polar surface area (TPSA) is 71.9 Å². The lowest BCUT2D eigenvalue weighted by atomic mass is 9.81. The van der Waals surface area contributed by atoms with E-state index >= 15 is 0 Å². The first-order chi connectivity index (χ1) is 16.9. The van der Waals surface area contributed by atoms with Crippen LogP contribution in [-0.2, 0) is 22.6 Å². The normalized spacial score (nSPS) is 21.9. The second kappa shape index (κ2) is 9.74. The Bertz CT molecular complexity index is 1200. The number of nitrogens with zero attached hydrogens (tertiary/aromatic N) is 2. The van der Waals surface area contributed by atoms with Crippen molar-refractivity contribution in [2.24, 2.45) is 0 Å². The number of hydrogen-bond donors (Lipinski definition) is 2. The van der Waals surface area contributed by atoms with Crippen LogP contribution in [0.4, 0.5) is 26.3 Å². The van der Waals surface area contributed by atoms with Gasteiger partial charge in [-0.3, -0.25) is 4.57 Å². The maximum Gasteiger partial charge on any atom is 0.416 e. The van der Waals surface area contributed by atoms with E-state index in [0.717, 1.165) is 5.56 Å². The van der Waals surface area contributed by atoms with Crippen molar-refractivity contribution in [1.29, 1.82) is 0 Å². The Morgan fingerprint density at radius 1 is 1.08 bits per heavy atom. The minimum absolute atomic E-state index is 0.0111. The SMILES string of the molecule is C[C@@H](OC[C@@]1(c2ccccc2)CCC(n2cn[nH]c2=O)CN1)c1cc(C(F)(F)F)cc(C(F)(F)F)c1. The highest BCUT2D eigenvalue weighted by Gasteiger charge is 2.40. The molecule has 36 heavy (non-hydrogen) atoms. The molecule has 1 aliphatic rings. The third kappa shape index (κ3) is 5.49.